The molecule has 8 nitrogen and oxygen atoms in total. The molecule has 1 N–H and O–H groups in total. The van der Waals surface area contributed by atoms with Crippen molar-refractivity contribution in [1.82, 2.24) is 20.1 Å². The fourth-order valence-electron chi connectivity index (χ4n) is 3.22. The van der Waals surface area contributed by atoms with Gasteiger partial charge >= 0.3 is 0 Å². The molecule has 32 heavy (non-hydrogen) atoms. The summed E-state index contributed by atoms with van der Waals surface area (Å²) in [6.07, 6.45) is 0. The van der Waals surface area contributed by atoms with Crippen LogP contribution in [0.5, 0.6) is 5.75 Å². The zero-order valence-electron chi connectivity index (χ0n) is 17.4. The number of hydrogen-bond acceptors (Lipinski definition) is 7. The standard InChI is InChI=1S/C22H24FN5O3S/c23-17-5-4-6-18(15-17)28-21(27-10-13-30-14-11-27)25-26-22(28)32-16-20(29)24-9-12-31-19-7-2-1-3-8-19/h1-8,15H,9-14,16H2,(H,24,29). The fourth-order valence-corrected chi connectivity index (χ4v) is 4.00. The normalized spacial score (nSPS) is 13.7. The first kappa shape index (κ1) is 22.1. The number of halogens is 1. The molecule has 2 aromatic carbocycles. The lowest BCUT2D eigenvalue weighted by molar-refractivity contribution is -0.118. The number of anilines is 1. The van der Waals surface area contributed by atoms with Gasteiger partial charge < -0.3 is 19.7 Å². The van der Waals surface area contributed by atoms with Crippen LogP contribution in [-0.2, 0) is 9.53 Å². The monoisotopic (exact) mass is 457 g/mol. The minimum Gasteiger partial charge on any atom is -0.492 e. The quantitative estimate of drug-likeness (QED) is 0.391. The smallest absolute Gasteiger partial charge is 0.232 e. The van der Waals surface area contributed by atoms with Gasteiger partial charge in [0, 0.05) is 13.1 Å². The Bertz CT molecular complexity index is 1030. The van der Waals surface area contributed by atoms with Crippen LogP contribution in [0.4, 0.5) is 10.3 Å². The van der Waals surface area contributed by atoms with E-state index in [0.29, 0.717) is 56.2 Å². The first-order valence-corrected chi connectivity index (χ1v) is 11.3. The second-order valence-corrected chi connectivity index (χ2v) is 7.94. The third-order valence-corrected chi connectivity index (χ3v) is 5.67. The number of morpholine rings is 1. The Balaban J connectivity index is 1.38. The molecule has 0 spiro atoms. The number of nitrogens with one attached hydrogen (secondary N) is 1. The summed E-state index contributed by atoms with van der Waals surface area (Å²) < 4.78 is 26.7. The molecule has 1 aliphatic heterocycles. The molecule has 1 aliphatic rings. The van der Waals surface area contributed by atoms with Crippen molar-refractivity contribution in [3.05, 3.63) is 60.4 Å². The van der Waals surface area contributed by atoms with Gasteiger partial charge in [-0.1, -0.05) is 36.0 Å². The van der Waals surface area contributed by atoms with Crippen molar-refractivity contribution in [3.8, 4) is 11.4 Å². The number of ether oxygens (including phenoxy) is 2. The van der Waals surface area contributed by atoms with Crippen LogP contribution < -0.4 is 15.0 Å². The molecule has 0 bridgehead atoms. The zero-order valence-corrected chi connectivity index (χ0v) is 18.3. The number of rotatable bonds is 9. The molecule has 0 radical (unpaired) electrons. The van der Waals surface area contributed by atoms with Crippen molar-refractivity contribution in [2.24, 2.45) is 0 Å². The highest BCUT2D eigenvalue weighted by Gasteiger charge is 2.22. The fraction of sp³-hybridized carbons (Fsp3) is 0.318. The van der Waals surface area contributed by atoms with Crippen molar-refractivity contribution in [2.75, 3.05) is 50.1 Å². The minimum absolute atomic E-state index is 0.145. The highest BCUT2D eigenvalue weighted by atomic mass is 32.2. The summed E-state index contributed by atoms with van der Waals surface area (Å²) in [5.74, 6) is 1.03. The van der Waals surface area contributed by atoms with Crippen LogP contribution in [0.25, 0.3) is 5.69 Å². The maximum Gasteiger partial charge on any atom is 0.232 e. The van der Waals surface area contributed by atoms with Crippen molar-refractivity contribution in [3.63, 3.8) is 0 Å². The number of amides is 1. The van der Waals surface area contributed by atoms with E-state index in [0.717, 1.165) is 5.75 Å². The lowest BCUT2D eigenvalue weighted by atomic mass is 10.3. The van der Waals surface area contributed by atoms with Crippen LogP contribution in [0.3, 0.4) is 0 Å². The number of para-hydroxylation sites is 1. The number of aromatic nitrogens is 3. The number of carbonyl (C=O) groups is 1. The van der Waals surface area contributed by atoms with Crippen LogP contribution >= 0.6 is 11.8 Å². The Morgan fingerprint density at radius 3 is 2.72 bits per heavy atom. The predicted octanol–water partition coefficient (Wildman–Crippen LogP) is 2.53. The molecule has 10 heteroatoms. The molecule has 4 rings (SSSR count). The van der Waals surface area contributed by atoms with Crippen LogP contribution in [-0.4, -0.2) is 65.9 Å². The van der Waals surface area contributed by atoms with E-state index in [-0.39, 0.29) is 17.5 Å². The van der Waals surface area contributed by atoms with Crippen LogP contribution in [0, 0.1) is 5.82 Å². The Labute approximate surface area is 189 Å². The number of thioether (sulfide) groups is 1. The van der Waals surface area contributed by atoms with Crippen molar-refractivity contribution in [2.45, 2.75) is 5.16 Å². The van der Waals surface area contributed by atoms with Gasteiger partial charge in [-0.2, -0.15) is 0 Å². The molecule has 0 atom stereocenters. The highest BCUT2D eigenvalue weighted by molar-refractivity contribution is 7.99. The van der Waals surface area contributed by atoms with E-state index in [1.54, 1.807) is 16.7 Å². The molecule has 3 aromatic rings. The molecular weight excluding hydrogens is 433 g/mol. The molecular formula is C22H24FN5O3S. The SMILES string of the molecule is O=C(CSc1nnc(N2CCOCC2)n1-c1cccc(F)c1)NCCOc1ccccc1. The van der Waals surface area contributed by atoms with E-state index >= 15 is 0 Å². The van der Waals surface area contributed by atoms with Gasteiger partial charge in [0.2, 0.25) is 11.9 Å². The summed E-state index contributed by atoms with van der Waals surface area (Å²) in [4.78, 5) is 14.4. The summed E-state index contributed by atoms with van der Waals surface area (Å²) in [5, 5.41) is 11.9. The van der Waals surface area contributed by atoms with Gasteiger partial charge in [0.1, 0.15) is 18.2 Å². The summed E-state index contributed by atoms with van der Waals surface area (Å²) in [5.41, 5.74) is 0.607. The van der Waals surface area contributed by atoms with Gasteiger partial charge in [-0.3, -0.25) is 9.36 Å². The minimum atomic E-state index is -0.351. The van der Waals surface area contributed by atoms with Gasteiger partial charge in [-0.05, 0) is 30.3 Å². The van der Waals surface area contributed by atoms with Gasteiger partial charge in [0.05, 0.1) is 31.2 Å². The van der Waals surface area contributed by atoms with E-state index in [1.807, 2.05) is 35.2 Å². The number of carbonyl (C=O) groups excluding carboxylic acids is 1. The Morgan fingerprint density at radius 1 is 1.12 bits per heavy atom. The van der Waals surface area contributed by atoms with Crippen LogP contribution in [0.15, 0.2) is 59.8 Å². The second kappa shape index (κ2) is 11.0. The molecule has 168 valence electrons. The molecule has 0 aliphatic carbocycles. The zero-order chi connectivity index (χ0) is 22.2. The average molecular weight is 458 g/mol. The summed E-state index contributed by atoms with van der Waals surface area (Å²) in [6.45, 7) is 3.28. The van der Waals surface area contributed by atoms with Crippen molar-refractivity contribution < 1.29 is 18.7 Å². The molecule has 1 saturated heterocycles. The molecule has 2 heterocycles. The molecule has 1 fully saturated rings. The van der Waals surface area contributed by atoms with E-state index in [1.165, 1.54) is 23.9 Å². The Morgan fingerprint density at radius 2 is 1.94 bits per heavy atom. The van der Waals surface area contributed by atoms with E-state index in [2.05, 4.69) is 15.5 Å². The van der Waals surface area contributed by atoms with Crippen LogP contribution in [0.1, 0.15) is 0 Å². The topological polar surface area (TPSA) is 81.5 Å². The lowest BCUT2D eigenvalue weighted by Gasteiger charge is -2.27. The lowest BCUT2D eigenvalue weighted by Crippen LogP contribution is -2.37. The van der Waals surface area contributed by atoms with Gasteiger partial charge in [-0.15, -0.1) is 10.2 Å². The maximum atomic E-state index is 13.9. The number of hydrogen-bond donors (Lipinski definition) is 1. The largest absolute Gasteiger partial charge is 0.492 e. The second-order valence-electron chi connectivity index (χ2n) is 7.00. The molecule has 0 unspecified atom stereocenters. The maximum absolute atomic E-state index is 13.9. The molecule has 0 saturated carbocycles. The Hall–Kier alpha value is -3.11. The van der Waals surface area contributed by atoms with E-state index in [4.69, 9.17) is 9.47 Å². The van der Waals surface area contributed by atoms with Gasteiger partial charge in [0.25, 0.3) is 0 Å². The first-order valence-electron chi connectivity index (χ1n) is 10.3. The van der Waals surface area contributed by atoms with Crippen molar-refractivity contribution >= 4 is 23.6 Å². The van der Waals surface area contributed by atoms with Crippen molar-refractivity contribution in [1.29, 1.82) is 0 Å². The van der Waals surface area contributed by atoms with Crippen LogP contribution in [0.2, 0.25) is 0 Å². The highest BCUT2D eigenvalue weighted by Crippen LogP contribution is 2.27. The third kappa shape index (κ3) is 5.77. The van der Waals surface area contributed by atoms with E-state index < -0.39 is 0 Å². The van der Waals surface area contributed by atoms with E-state index in [9.17, 15) is 9.18 Å². The summed E-state index contributed by atoms with van der Waals surface area (Å²) >= 11 is 1.25. The number of benzene rings is 2. The molecule has 1 aromatic heterocycles. The third-order valence-electron chi connectivity index (χ3n) is 4.75. The average Bonchev–Trinajstić information content (AvgIpc) is 3.26. The molecule has 1 amide bonds. The summed E-state index contributed by atoms with van der Waals surface area (Å²) in [6, 6.07) is 15.7. The Kier molecular flexibility index (Phi) is 7.57. The van der Waals surface area contributed by atoms with Gasteiger partial charge in [-0.25, -0.2) is 4.39 Å². The summed E-state index contributed by atoms with van der Waals surface area (Å²) in [7, 11) is 0. The first-order chi connectivity index (χ1) is 15.7. The predicted molar refractivity (Wildman–Crippen MR) is 120 cm³/mol. The number of nitrogens with zero attached hydrogens (tertiary/aromatic N) is 4. The van der Waals surface area contributed by atoms with Gasteiger partial charge in [0.15, 0.2) is 5.16 Å².